The molecule has 0 unspecified atom stereocenters. The minimum atomic E-state index is -2.74. The minimum Gasteiger partial charge on any atom is -0.296 e. The van der Waals surface area contributed by atoms with Crippen LogP contribution in [0.2, 0.25) is 5.02 Å². The average Bonchev–Trinajstić information content (AvgIpc) is 2.17. The SMILES string of the molecule is O=Cc1nc(C(F)F)cc(CCl)c1Cl. The Morgan fingerprint density at radius 2 is 2.21 bits per heavy atom. The molecule has 0 spiro atoms. The van der Waals surface area contributed by atoms with E-state index in [1.165, 1.54) is 0 Å². The van der Waals surface area contributed by atoms with Gasteiger partial charge in [-0.2, -0.15) is 0 Å². The van der Waals surface area contributed by atoms with Gasteiger partial charge in [-0.05, 0) is 11.6 Å². The molecule has 0 amide bonds. The summed E-state index contributed by atoms with van der Waals surface area (Å²) < 4.78 is 24.5. The number of carbonyl (C=O) groups is 1. The smallest absolute Gasteiger partial charge is 0.280 e. The molecule has 0 aliphatic carbocycles. The highest BCUT2D eigenvalue weighted by Crippen LogP contribution is 2.25. The lowest BCUT2D eigenvalue weighted by Crippen LogP contribution is -1.99. The average molecular weight is 240 g/mol. The van der Waals surface area contributed by atoms with Crippen molar-refractivity contribution in [2.24, 2.45) is 0 Å². The second kappa shape index (κ2) is 4.66. The Morgan fingerprint density at radius 3 is 2.64 bits per heavy atom. The maximum Gasteiger partial charge on any atom is 0.280 e. The largest absolute Gasteiger partial charge is 0.296 e. The molecule has 76 valence electrons. The Kier molecular flexibility index (Phi) is 3.77. The first kappa shape index (κ1) is 11.3. The summed E-state index contributed by atoms with van der Waals surface area (Å²) in [4.78, 5) is 13.8. The minimum absolute atomic E-state index is 0.0272. The summed E-state index contributed by atoms with van der Waals surface area (Å²) >= 11 is 11.1. The van der Waals surface area contributed by atoms with Crippen molar-refractivity contribution in [3.63, 3.8) is 0 Å². The summed E-state index contributed by atoms with van der Waals surface area (Å²) in [5, 5.41) is 0.0272. The number of halogens is 4. The van der Waals surface area contributed by atoms with E-state index in [-0.39, 0.29) is 22.2 Å². The fourth-order valence-electron chi connectivity index (χ4n) is 0.914. The summed E-state index contributed by atoms with van der Waals surface area (Å²) in [6.45, 7) is 0. The summed E-state index contributed by atoms with van der Waals surface area (Å²) in [5.74, 6) is -0.0398. The van der Waals surface area contributed by atoms with Crippen molar-refractivity contribution >= 4 is 29.5 Å². The number of rotatable bonds is 3. The molecule has 2 nitrogen and oxygen atoms in total. The standard InChI is InChI=1S/C8H5Cl2F2NO/c9-2-4-1-5(8(11)12)13-6(3-14)7(4)10/h1,3,8H,2H2. The normalized spacial score (nSPS) is 10.6. The van der Waals surface area contributed by atoms with Gasteiger partial charge in [0.25, 0.3) is 6.43 Å². The van der Waals surface area contributed by atoms with Crippen LogP contribution in [-0.2, 0) is 5.88 Å². The monoisotopic (exact) mass is 239 g/mol. The van der Waals surface area contributed by atoms with Crippen molar-refractivity contribution < 1.29 is 13.6 Å². The molecule has 1 aromatic rings. The van der Waals surface area contributed by atoms with Crippen LogP contribution in [-0.4, -0.2) is 11.3 Å². The first-order chi connectivity index (χ1) is 6.60. The van der Waals surface area contributed by atoms with E-state index in [1.54, 1.807) is 0 Å². The number of carbonyl (C=O) groups excluding carboxylic acids is 1. The molecule has 1 heterocycles. The van der Waals surface area contributed by atoms with E-state index in [1.807, 2.05) is 0 Å². The van der Waals surface area contributed by atoms with E-state index >= 15 is 0 Å². The molecule has 6 heteroatoms. The first-order valence-electron chi connectivity index (χ1n) is 3.58. The zero-order chi connectivity index (χ0) is 10.7. The van der Waals surface area contributed by atoms with Crippen LogP contribution >= 0.6 is 23.2 Å². The Hall–Kier alpha value is -0.740. The highest BCUT2D eigenvalue weighted by Gasteiger charge is 2.15. The van der Waals surface area contributed by atoms with E-state index in [4.69, 9.17) is 23.2 Å². The van der Waals surface area contributed by atoms with Gasteiger partial charge in [0.05, 0.1) is 5.02 Å². The number of hydrogen-bond donors (Lipinski definition) is 0. The van der Waals surface area contributed by atoms with Gasteiger partial charge in [0.1, 0.15) is 11.4 Å². The van der Waals surface area contributed by atoms with Crippen LogP contribution < -0.4 is 0 Å². The molecule has 0 saturated carbocycles. The van der Waals surface area contributed by atoms with Crippen LogP contribution in [0.5, 0.6) is 0 Å². The van der Waals surface area contributed by atoms with Crippen LogP contribution in [0.25, 0.3) is 0 Å². The summed E-state index contributed by atoms with van der Waals surface area (Å²) in [6, 6.07) is 1.09. The first-order valence-corrected chi connectivity index (χ1v) is 4.50. The molecule has 14 heavy (non-hydrogen) atoms. The van der Waals surface area contributed by atoms with Gasteiger partial charge in [-0.3, -0.25) is 4.79 Å². The van der Waals surface area contributed by atoms with E-state index in [2.05, 4.69) is 4.98 Å². The fourth-order valence-corrected chi connectivity index (χ4v) is 1.40. The molecular formula is C8H5Cl2F2NO. The molecule has 0 fully saturated rings. The molecule has 0 radical (unpaired) electrons. The van der Waals surface area contributed by atoms with Gasteiger partial charge >= 0.3 is 0 Å². The van der Waals surface area contributed by atoms with Gasteiger partial charge in [0.15, 0.2) is 6.29 Å². The molecule has 0 bridgehead atoms. The van der Waals surface area contributed by atoms with Crippen molar-refractivity contribution in [1.29, 1.82) is 0 Å². The lowest BCUT2D eigenvalue weighted by molar-refractivity contribution is 0.111. The third-order valence-corrected chi connectivity index (χ3v) is 2.28. The number of pyridine rings is 1. The highest BCUT2D eigenvalue weighted by molar-refractivity contribution is 6.34. The number of aldehydes is 1. The summed E-state index contributed by atoms with van der Waals surface area (Å²) in [5.41, 5.74) is -0.423. The van der Waals surface area contributed by atoms with Crippen LogP contribution in [0.1, 0.15) is 28.2 Å². The summed E-state index contributed by atoms with van der Waals surface area (Å²) in [6.07, 6.45) is -2.42. The van der Waals surface area contributed by atoms with Crippen molar-refractivity contribution in [3.05, 3.63) is 28.0 Å². The van der Waals surface area contributed by atoms with Crippen LogP contribution in [0.15, 0.2) is 6.07 Å². The van der Waals surface area contributed by atoms with Gasteiger partial charge in [0.2, 0.25) is 0 Å². The number of aromatic nitrogens is 1. The van der Waals surface area contributed by atoms with Crippen molar-refractivity contribution in [3.8, 4) is 0 Å². The van der Waals surface area contributed by atoms with Gasteiger partial charge < -0.3 is 0 Å². The van der Waals surface area contributed by atoms with Gasteiger partial charge in [-0.15, -0.1) is 11.6 Å². The van der Waals surface area contributed by atoms with Crippen molar-refractivity contribution in [2.45, 2.75) is 12.3 Å². The molecule has 0 N–H and O–H groups in total. The lowest BCUT2D eigenvalue weighted by atomic mass is 10.2. The van der Waals surface area contributed by atoms with Crippen molar-refractivity contribution in [2.75, 3.05) is 0 Å². The predicted molar refractivity (Wildman–Crippen MR) is 49.1 cm³/mol. The predicted octanol–water partition coefficient (Wildman–Crippen LogP) is 3.22. The Bertz CT molecular complexity index is 357. The molecule has 0 aliphatic rings. The van der Waals surface area contributed by atoms with Crippen molar-refractivity contribution in [1.82, 2.24) is 4.98 Å². The molecule has 0 aliphatic heterocycles. The van der Waals surface area contributed by atoms with E-state index in [0.717, 1.165) is 6.07 Å². The maximum absolute atomic E-state index is 12.3. The highest BCUT2D eigenvalue weighted by atomic mass is 35.5. The fraction of sp³-hybridized carbons (Fsp3) is 0.250. The second-order valence-corrected chi connectivity index (χ2v) is 3.10. The Balaban J connectivity index is 3.31. The zero-order valence-corrected chi connectivity index (χ0v) is 8.32. The van der Waals surface area contributed by atoms with Crippen LogP contribution in [0.4, 0.5) is 8.78 Å². The molecule has 1 rings (SSSR count). The summed E-state index contributed by atoms with van der Waals surface area (Å²) in [7, 11) is 0. The Labute approximate surface area is 88.8 Å². The van der Waals surface area contributed by atoms with E-state index in [0.29, 0.717) is 6.29 Å². The molecular weight excluding hydrogens is 235 g/mol. The van der Waals surface area contributed by atoms with Crippen LogP contribution in [0, 0.1) is 0 Å². The molecule has 1 aromatic heterocycles. The molecule has 0 saturated heterocycles. The quantitative estimate of drug-likeness (QED) is 0.599. The third kappa shape index (κ3) is 2.19. The van der Waals surface area contributed by atoms with E-state index < -0.39 is 12.1 Å². The van der Waals surface area contributed by atoms with Gasteiger partial charge in [-0.25, -0.2) is 13.8 Å². The number of alkyl halides is 3. The van der Waals surface area contributed by atoms with Crippen LogP contribution in [0.3, 0.4) is 0 Å². The number of hydrogen-bond acceptors (Lipinski definition) is 2. The number of nitrogens with zero attached hydrogens (tertiary/aromatic N) is 1. The van der Waals surface area contributed by atoms with Gasteiger partial charge in [0, 0.05) is 5.88 Å². The van der Waals surface area contributed by atoms with E-state index in [9.17, 15) is 13.6 Å². The third-order valence-electron chi connectivity index (χ3n) is 1.56. The molecule has 0 aromatic carbocycles. The lowest BCUT2D eigenvalue weighted by Gasteiger charge is -2.05. The molecule has 0 atom stereocenters. The Morgan fingerprint density at radius 1 is 1.57 bits per heavy atom. The second-order valence-electron chi connectivity index (χ2n) is 2.46. The topological polar surface area (TPSA) is 30.0 Å². The maximum atomic E-state index is 12.3. The van der Waals surface area contributed by atoms with Gasteiger partial charge in [-0.1, -0.05) is 11.6 Å². The zero-order valence-electron chi connectivity index (χ0n) is 6.81.